The van der Waals surface area contributed by atoms with Crippen molar-refractivity contribution in [3.63, 3.8) is 0 Å². The molecule has 0 spiro atoms. The van der Waals surface area contributed by atoms with Crippen molar-refractivity contribution in [1.29, 1.82) is 0 Å². The molecule has 13 heteroatoms. The van der Waals surface area contributed by atoms with E-state index >= 15 is 0 Å². The SMILES string of the molecule is C=CCO[C@@]12Oc3ccc(OCc4cccc(C)n4)cc3[C@H]3[C@H](CCCCO)[C@@H](CCCCO)C=C(C(=NOC(C)(C)C)C[C@@H]1N(Cc1ccc4c(c1)OCO4)C(=O)OC)[C@H]32. The molecule has 0 radical (unpaired) electrons. The second kappa shape index (κ2) is 19.3. The monoisotopic (exact) mass is 839 g/mol. The van der Waals surface area contributed by atoms with Crippen LogP contribution in [0.2, 0.25) is 0 Å². The minimum Gasteiger partial charge on any atom is -0.487 e. The lowest BCUT2D eigenvalue weighted by atomic mass is 9.55. The number of oxime groups is 1. The minimum absolute atomic E-state index is 0.0472. The van der Waals surface area contributed by atoms with Crippen LogP contribution in [-0.2, 0) is 27.5 Å². The van der Waals surface area contributed by atoms with Gasteiger partial charge in [-0.3, -0.25) is 9.88 Å². The van der Waals surface area contributed by atoms with Gasteiger partial charge in [-0.05, 0) is 119 Å². The van der Waals surface area contributed by atoms with Crippen molar-refractivity contribution >= 4 is 11.8 Å². The van der Waals surface area contributed by atoms with Crippen LogP contribution in [-0.4, -0.2) is 83.1 Å². The average molecular weight is 840 g/mol. The van der Waals surface area contributed by atoms with Crippen LogP contribution in [0.3, 0.4) is 0 Å². The van der Waals surface area contributed by atoms with Crippen LogP contribution >= 0.6 is 0 Å². The molecule has 1 amide bonds. The molecule has 4 aliphatic rings. The van der Waals surface area contributed by atoms with Crippen LogP contribution < -0.4 is 18.9 Å². The highest BCUT2D eigenvalue weighted by Crippen LogP contribution is 2.62. The Bertz CT molecular complexity index is 2080. The number of nitrogens with zero attached hydrogens (tertiary/aromatic N) is 3. The van der Waals surface area contributed by atoms with Crippen molar-refractivity contribution in [3.05, 3.63) is 101 Å². The fourth-order valence-electron chi connectivity index (χ4n) is 9.42. The molecular weight excluding hydrogens is 779 g/mol. The topological polar surface area (TPSA) is 151 Å². The Hall–Kier alpha value is -5.11. The fraction of sp³-hybridized carbons (Fsp3) is 0.521. The minimum atomic E-state index is -1.46. The molecule has 0 saturated heterocycles. The maximum absolute atomic E-state index is 14.3. The molecule has 3 heterocycles. The van der Waals surface area contributed by atoms with Crippen LogP contribution in [0.25, 0.3) is 0 Å². The normalized spacial score (nSPS) is 24.2. The highest BCUT2D eigenvalue weighted by atomic mass is 16.7. The zero-order valence-corrected chi connectivity index (χ0v) is 36.1. The molecule has 61 heavy (non-hydrogen) atoms. The summed E-state index contributed by atoms with van der Waals surface area (Å²) < 4.78 is 37.8. The molecule has 0 bridgehead atoms. The first kappa shape index (κ1) is 44.0. The number of rotatable bonds is 18. The Morgan fingerprint density at radius 3 is 2.52 bits per heavy atom. The van der Waals surface area contributed by atoms with E-state index in [4.69, 9.17) is 38.4 Å². The van der Waals surface area contributed by atoms with Crippen LogP contribution in [0.4, 0.5) is 4.79 Å². The first-order valence-corrected chi connectivity index (χ1v) is 21.5. The highest BCUT2D eigenvalue weighted by molar-refractivity contribution is 6.03. The standard InChI is InChI=1S/C48H61N3O10/c1-7-23-59-48-43(51(46(54)55-6)28-32-17-19-41-42(24-32)58-30-57-41)27-39(50-61-47(3,4)5)37-25-33(14-8-10-21-52)36(16-9-11-22-53)44(45(37)48)38-26-35(18-20-40(38)60-48)56-29-34-15-12-13-31(2)49-34/h7,12-13,15,17-20,24-26,33,36,43-45,52-53H,1,8-11,14,16,21-23,27-30H2,2-6H3/t33-,36+,43-,44+,45+,48+/m0/s1. The van der Waals surface area contributed by atoms with E-state index in [1.165, 1.54) is 7.11 Å². The summed E-state index contributed by atoms with van der Waals surface area (Å²) in [6.07, 6.45) is 8.28. The lowest BCUT2D eigenvalue weighted by Gasteiger charge is -2.59. The van der Waals surface area contributed by atoms with E-state index in [2.05, 4.69) is 23.7 Å². The third kappa shape index (κ3) is 9.69. The van der Waals surface area contributed by atoms with Gasteiger partial charge in [0.1, 0.15) is 29.7 Å². The Morgan fingerprint density at radius 2 is 1.79 bits per heavy atom. The number of aliphatic hydroxyl groups excluding tert-OH is 2. The van der Waals surface area contributed by atoms with Gasteiger partial charge in [0.25, 0.3) is 0 Å². The number of amides is 1. The number of benzene rings is 2. The number of hydrogen-bond donors (Lipinski definition) is 2. The van der Waals surface area contributed by atoms with E-state index in [9.17, 15) is 15.0 Å². The zero-order chi connectivity index (χ0) is 43.1. The summed E-state index contributed by atoms with van der Waals surface area (Å²) in [5.41, 5.74) is 4.51. The zero-order valence-electron chi connectivity index (χ0n) is 36.1. The van der Waals surface area contributed by atoms with Gasteiger partial charge in [-0.2, -0.15) is 0 Å². The number of carbonyl (C=O) groups is 1. The molecule has 2 N–H and O–H groups in total. The van der Waals surface area contributed by atoms with Gasteiger partial charge in [-0.15, -0.1) is 6.58 Å². The van der Waals surface area contributed by atoms with Crippen molar-refractivity contribution in [2.75, 3.05) is 33.7 Å². The summed E-state index contributed by atoms with van der Waals surface area (Å²) in [5.74, 6) is 0.477. The number of fused-ring (bicyclic) bond motifs is 3. The lowest BCUT2D eigenvalue weighted by molar-refractivity contribution is -0.256. The Labute approximate surface area is 359 Å². The number of ether oxygens (including phenoxy) is 6. The maximum Gasteiger partial charge on any atom is 0.410 e. The van der Waals surface area contributed by atoms with E-state index in [0.717, 1.165) is 53.8 Å². The van der Waals surface area contributed by atoms with E-state index in [0.29, 0.717) is 41.6 Å². The van der Waals surface area contributed by atoms with E-state index in [1.807, 2.05) is 76.2 Å². The first-order chi connectivity index (χ1) is 29.5. The molecule has 7 rings (SSSR count). The van der Waals surface area contributed by atoms with Gasteiger partial charge < -0.3 is 43.5 Å². The fourth-order valence-corrected chi connectivity index (χ4v) is 9.42. The Kier molecular flexibility index (Phi) is 13.9. The summed E-state index contributed by atoms with van der Waals surface area (Å²) in [7, 11) is 1.38. The number of methoxy groups -OCH3 is 1. The average Bonchev–Trinajstić information content (AvgIpc) is 3.72. The number of hydrogen-bond acceptors (Lipinski definition) is 12. The molecule has 13 nitrogen and oxygen atoms in total. The van der Waals surface area contributed by atoms with Gasteiger partial charge in [0.05, 0.1) is 31.0 Å². The quantitative estimate of drug-likeness (QED) is 0.0722. The number of aliphatic hydroxyl groups is 2. The largest absolute Gasteiger partial charge is 0.487 e. The summed E-state index contributed by atoms with van der Waals surface area (Å²) in [6.45, 7) is 12.7. The number of aromatic nitrogens is 1. The van der Waals surface area contributed by atoms with E-state index in [1.54, 1.807) is 11.0 Å². The lowest BCUT2D eigenvalue weighted by Crippen LogP contribution is -2.70. The number of allylic oxidation sites excluding steroid dienone is 1. The van der Waals surface area contributed by atoms with Gasteiger partial charge in [0.15, 0.2) is 11.5 Å². The van der Waals surface area contributed by atoms with Crippen molar-refractivity contribution in [3.8, 4) is 23.0 Å². The molecule has 1 fully saturated rings. The summed E-state index contributed by atoms with van der Waals surface area (Å²) in [6, 6.07) is 16.7. The second-order valence-electron chi connectivity index (χ2n) is 17.3. The second-order valence-corrected chi connectivity index (χ2v) is 17.3. The molecular formula is C48H61N3O10. The predicted octanol–water partition coefficient (Wildman–Crippen LogP) is 8.40. The Morgan fingerprint density at radius 1 is 1.02 bits per heavy atom. The number of carbonyl (C=O) groups excluding carboxylic acids is 1. The van der Waals surface area contributed by atoms with Gasteiger partial charge in [-0.25, -0.2) is 4.79 Å². The maximum atomic E-state index is 14.3. The van der Waals surface area contributed by atoms with Gasteiger partial charge in [0.2, 0.25) is 12.6 Å². The molecule has 2 aliphatic carbocycles. The number of pyridine rings is 1. The van der Waals surface area contributed by atoms with Crippen LogP contribution in [0, 0.1) is 24.7 Å². The number of aryl methyl sites for hydroxylation is 1. The molecule has 2 aliphatic heterocycles. The highest BCUT2D eigenvalue weighted by Gasteiger charge is 2.65. The molecule has 1 aromatic heterocycles. The third-order valence-corrected chi connectivity index (χ3v) is 12.0. The van der Waals surface area contributed by atoms with Crippen LogP contribution in [0.5, 0.6) is 23.0 Å². The molecule has 1 saturated carbocycles. The number of unbranched alkanes of at least 4 members (excludes halogenated alkanes) is 2. The van der Waals surface area contributed by atoms with Crippen LogP contribution in [0.15, 0.2) is 84.1 Å². The van der Waals surface area contributed by atoms with Gasteiger partial charge in [0, 0.05) is 43.4 Å². The van der Waals surface area contributed by atoms with E-state index in [-0.39, 0.29) is 63.9 Å². The summed E-state index contributed by atoms with van der Waals surface area (Å²) >= 11 is 0. The molecule has 328 valence electrons. The van der Waals surface area contributed by atoms with Crippen molar-refractivity contribution < 1.29 is 48.3 Å². The predicted molar refractivity (Wildman–Crippen MR) is 230 cm³/mol. The van der Waals surface area contributed by atoms with Crippen molar-refractivity contribution in [1.82, 2.24) is 9.88 Å². The van der Waals surface area contributed by atoms with Gasteiger partial charge >= 0.3 is 6.09 Å². The van der Waals surface area contributed by atoms with Gasteiger partial charge in [-0.1, -0.05) is 42.3 Å². The smallest absolute Gasteiger partial charge is 0.410 e. The molecule has 6 atom stereocenters. The Balaban J connectivity index is 1.43. The third-order valence-electron chi connectivity index (χ3n) is 12.0. The van der Waals surface area contributed by atoms with Crippen molar-refractivity contribution in [2.24, 2.45) is 22.9 Å². The van der Waals surface area contributed by atoms with E-state index < -0.39 is 29.4 Å². The van der Waals surface area contributed by atoms with Crippen molar-refractivity contribution in [2.45, 2.75) is 109 Å². The molecule has 0 unspecified atom stereocenters. The molecule has 3 aromatic rings. The summed E-state index contributed by atoms with van der Waals surface area (Å²) in [5, 5.41) is 24.8. The first-order valence-electron chi connectivity index (χ1n) is 21.5. The van der Waals surface area contributed by atoms with Crippen LogP contribution in [0.1, 0.15) is 94.1 Å². The summed E-state index contributed by atoms with van der Waals surface area (Å²) in [4.78, 5) is 26.9. The molecule has 2 aromatic carbocycles.